The Kier molecular flexibility index (Phi) is 4.00. The third-order valence-corrected chi connectivity index (χ3v) is 4.60. The number of amides is 1. The average Bonchev–Trinajstić information content (AvgIpc) is 2.22. The lowest BCUT2D eigenvalue weighted by molar-refractivity contribution is -0.122. The molecule has 1 rings (SSSR count). The number of hydrogen-bond acceptors (Lipinski definition) is 3. The highest BCUT2D eigenvalue weighted by Crippen LogP contribution is 2.18. The van der Waals surface area contributed by atoms with Crippen LogP contribution in [-0.2, 0) is 14.6 Å². The minimum atomic E-state index is -3.07. The fourth-order valence-corrected chi connectivity index (χ4v) is 4.12. The Bertz CT molecular complexity index is 339. The van der Waals surface area contributed by atoms with Gasteiger partial charge in [0.15, 0.2) is 9.84 Å². The number of alkyl halides is 1. The molecule has 0 aromatic carbocycles. The van der Waals surface area contributed by atoms with Gasteiger partial charge in [-0.2, -0.15) is 0 Å². The molecule has 1 N–H and O–H groups in total. The molecule has 1 saturated heterocycles. The van der Waals surface area contributed by atoms with Gasteiger partial charge in [-0.1, -0.05) is 13.8 Å². The van der Waals surface area contributed by atoms with Gasteiger partial charge in [0.1, 0.15) is 0 Å². The highest BCUT2D eigenvalue weighted by molar-refractivity contribution is 7.91. The van der Waals surface area contributed by atoms with Gasteiger partial charge < -0.3 is 5.32 Å². The van der Waals surface area contributed by atoms with Crippen LogP contribution in [0.3, 0.4) is 0 Å². The molecule has 0 aliphatic carbocycles. The lowest BCUT2D eigenvalue weighted by Gasteiger charge is -2.15. The lowest BCUT2D eigenvalue weighted by atomic mass is 10.1. The Morgan fingerprint density at radius 2 is 2.07 bits per heavy atom. The van der Waals surface area contributed by atoms with Crippen molar-refractivity contribution in [2.45, 2.75) is 31.7 Å². The van der Waals surface area contributed by atoms with Crippen molar-refractivity contribution in [1.82, 2.24) is 5.32 Å². The van der Waals surface area contributed by atoms with Gasteiger partial charge >= 0.3 is 0 Å². The molecular weight excluding hydrogens is 238 g/mol. The third kappa shape index (κ3) is 3.99. The van der Waals surface area contributed by atoms with Crippen molar-refractivity contribution in [2.24, 2.45) is 5.92 Å². The second kappa shape index (κ2) is 4.70. The summed E-state index contributed by atoms with van der Waals surface area (Å²) < 4.78 is 22.4. The maximum Gasteiger partial charge on any atom is 0.220 e. The van der Waals surface area contributed by atoms with E-state index in [2.05, 4.69) is 5.32 Å². The van der Waals surface area contributed by atoms with E-state index in [1.54, 1.807) is 0 Å². The van der Waals surface area contributed by atoms with E-state index in [1.807, 2.05) is 13.8 Å². The Balaban J connectivity index is 2.50. The molecule has 1 aliphatic rings. The summed E-state index contributed by atoms with van der Waals surface area (Å²) in [7, 11) is -3.07. The fourth-order valence-electron chi connectivity index (χ4n) is 1.57. The van der Waals surface area contributed by atoms with Gasteiger partial charge in [-0.3, -0.25) is 4.79 Å². The van der Waals surface area contributed by atoms with Gasteiger partial charge in [-0.25, -0.2) is 8.42 Å². The second-order valence-corrected chi connectivity index (χ2v) is 7.08. The van der Waals surface area contributed by atoms with Crippen LogP contribution in [0.5, 0.6) is 0 Å². The zero-order chi connectivity index (χ0) is 11.6. The fraction of sp³-hybridized carbons (Fsp3) is 0.889. The standard InChI is InChI=1S/C9H16ClNO3S/c1-6(2)3-9(12)11-8-5-15(13,14)4-7(8)10/h6-8H,3-5H2,1-2H3,(H,11,12). The van der Waals surface area contributed by atoms with Crippen molar-refractivity contribution in [2.75, 3.05) is 11.5 Å². The zero-order valence-corrected chi connectivity index (χ0v) is 10.4. The number of carbonyl (C=O) groups excluding carboxylic acids is 1. The topological polar surface area (TPSA) is 63.2 Å². The Labute approximate surface area is 95.3 Å². The smallest absolute Gasteiger partial charge is 0.220 e. The molecule has 6 heteroatoms. The minimum absolute atomic E-state index is 0.0367. The van der Waals surface area contributed by atoms with Crippen LogP contribution >= 0.6 is 11.6 Å². The van der Waals surface area contributed by atoms with Crippen LogP contribution < -0.4 is 5.32 Å². The first-order valence-corrected chi connectivity index (χ1v) is 7.20. The van der Waals surface area contributed by atoms with Crippen LogP contribution in [0.15, 0.2) is 0 Å². The molecule has 0 saturated carbocycles. The first-order chi connectivity index (χ1) is 6.80. The number of halogens is 1. The first kappa shape index (κ1) is 12.8. The van der Waals surface area contributed by atoms with Gasteiger partial charge in [0.2, 0.25) is 5.91 Å². The quantitative estimate of drug-likeness (QED) is 0.748. The van der Waals surface area contributed by atoms with E-state index < -0.39 is 21.3 Å². The molecule has 2 unspecified atom stereocenters. The Morgan fingerprint density at radius 1 is 1.47 bits per heavy atom. The summed E-state index contributed by atoms with van der Waals surface area (Å²) in [5, 5.41) is 2.17. The van der Waals surface area contributed by atoms with E-state index in [0.717, 1.165) is 0 Å². The molecule has 1 fully saturated rings. The zero-order valence-electron chi connectivity index (χ0n) is 8.86. The van der Waals surface area contributed by atoms with Gasteiger partial charge in [0.25, 0.3) is 0 Å². The van der Waals surface area contributed by atoms with Crippen molar-refractivity contribution in [3.05, 3.63) is 0 Å². The summed E-state index contributed by atoms with van der Waals surface area (Å²) in [6.07, 6.45) is 0.403. The number of rotatable bonds is 3. The summed E-state index contributed by atoms with van der Waals surface area (Å²) >= 11 is 5.85. The molecule has 0 aromatic heterocycles. The molecule has 0 radical (unpaired) electrons. The summed E-state index contributed by atoms with van der Waals surface area (Å²) in [5.74, 6) is 0.0566. The Morgan fingerprint density at radius 3 is 2.47 bits per heavy atom. The van der Waals surface area contributed by atoms with E-state index >= 15 is 0 Å². The normalized spacial score (nSPS) is 29.3. The monoisotopic (exact) mass is 253 g/mol. The lowest BCUT2D eigenvalue weighted by Crippen LogP contribution is -2.41. The summed E-state index contributed by atoms with van der Waals surface area (Å²) in [5.41, 5.74) is 0. The predicted octanol–water partition coefficient (Wildman–Crippen LogP) is 0.553. The molecule has 1 amide bonds. The van der Waals surface area contributed by atoms with Crippen LogP contribution in [0.2, 0.25) is 0 Å². The highest BCUT2D eigenvalue weighted by atomic mass is 35.5. The summed E-state index contributed by atoms with van der Waals surface area (Å²) in [4.78, 5) is 11.4. The minimum Gasteiger partial charge on any atom is -0.351 e. The molecular formula is C9H16ClNO3S. The average molecular weight is 254 g/mol. The molecule has 0 spiro atoms. The van der Waals surface area contributed by atoms with Crippen molar-refractivity contribution in [1.29, 1.82) is 0 Å². The van der Waals surface area contributed by atoms with Gasteiger partial charge in [0.05, 0.1) is 22.9 Å². The van der Waals surface area contributed by atoms with Crippen LogP contribution in [0, 0.1) is 5.92 Å². The SMILES string of the molecule is CC(C)CC(=O)NC1CS(=O)(=O)CC1Cl. The molecule has 4 nitrogen and oxygen atoms in total. The number of hydrogen-bond donors (Lipinski definition) is 1. The van der Waals surface area contributed by atoms with E-state index in [-0.39, 0.29) is 23.3 Å². The first-order valence-electron chi connectivity index (χ1n) is 4.94. The molecule has 2 atom stereocenters. The van der Waals surface area contributed by atoms with Crippen molar-refractivity contribution >= 4 is 27.3 Å². The predicted molar refractivity (Wildman–Crippen MR) is 59.7 cm³/mol. The largest absolute Gasteiger partial charge is 0.351 e. The van der Waals surface area contributed by atoms with Crippen molar-refractivity contribution in [3.63, 3.8) is 0 Å². The highest BCUT2D eigenvalue weighted by Gasteiger charge is 2.37. The van der Waals surface area contributed by atoms with Crippen LogP contribution in [-0.4, -0.2) is 37.2 Å². The van der Waals surface area contributed by atoms with Crippen molar-refractivity contribution < 1.29 is 13.2 Å². The van der Waals surface area contributed by atoms with E-state index in [0.29, 0.717) is 6.42 Å². The molecule has 0 aromatic rings. The van der Waals surface area contributed by atoms with Gasteiger partial charge in [-0.05, 0) is 5.92 Å². The van der Waals surface area contributed by atoms with Crippen molar-refractivity contribution in [3.8, 4) is 0 Å². The third-order valence-electron chi connectivity index (χ3n) is 2.22. The molecule has 1 heterocycles. The van der Waals surface area contributed by atoms with Crippen LogP contribution in [0.25, 0.3) is 0 Å². The summed E-state index contributed by atoms with van der Waals surface area (Å²) in [6, 6.07) is -0.428. The summed E-state index contributed by atoms with van der Waals surface area (Å²) in [6.45, 7) is 3.87. The Hall–Kier alpha value is -0.290. The molecule has 1 aliphatic heterocycles. The van der Waals surface area contributed by atoms with E-state index in [1.165, 1.54) is 0 Å². The molecule has 88 valence electrons. The van der Waals surface area contributed by atoms with E-state index in [9.17, 15) is 13.2 Å². The van der Waals surface area contributed by atoms with Gasteiger partial charge in [-0.15, -0.1) is 11.6 Å². The maximum absolute atomic E-state index is 11.4. The van der Waals surface area contributed by atoms with Crippen LogP contribution in [0.1, 0.15) is 20.3 Å². The number of sulfone groups is 1. The van der Waals surface area contributed by atoms with Crippen LogP contribution in [0.4, 0.5) is 0 Å². The molecule has 15 heavy (non-hydrogen) atoms. The number of carbonyl (C=O) groups is 1. The maximum atomic E-state index is 11.4. The molecule has 0 bridgehead atoms. The number of nitrogens with one attached hydrogen (secondary N) is 1. The van der Waals surface area contributed by atoms with E-state index in [4.69, 9.17) is 11.6 Å². The second-order valence-electron chi connectivity index (χ2n) is 4.36. The van der Waals surface area contributed by atoms with Gasteiger partial charge in [0, 0.05) is 6.42 Å².